The van der Waals surface area contributed by atoms with Gasteiger partial charge in [0.1, 0.15) is 11.8 Å². The number of primary amides is 1. The molecule has 8 nitrogen and oxygen atoms in total. The Morgan fingerprint density at radius 2 is 1.92 bits per heavy atom. The van der Waals surface area contributed by atoms with Crippen molar-refractivity contribution in [2.45, 2.75) is 19.1 Å². The molecule has 0 aliphatic rings. The Labute approximate surface area is 134 Å². The van der Waals surface area contributed by atoms with Gasteiger partial charge in [-0.25, -0.2) is 4.79 Å². The summed E-state index contributed by atoms with van der Waals surface area (Å²) in [5.41, 5.74) is 7.87. The van der Waals surface area contributed by atoms with Gasteiger partial charge in [-0.2, -0.15) is 13.2 Å². The van der Waals surface area contributed by atoms with Gasteiger partial charge < -0.3 is 15.8 Å². The van der Waals surface area contributed by atoms with E-state index in [1.54, 1.807) is 0 Å². The number of hydrazine groups is 1. The molecule has 11 heteroatoms. The zero-order valence-corrected chi connectivity index (χ0v) is 12.4. The highest BCUT2D eigenvalue weighted by atomic mass is 19.4. The molecular formula is C13H15F3N4O4. The minimum atomic E-state index is -4.53. The van der Waals surface area contributed by atoms with Crippen molar-refractivity contribution in [2.75, 3.05) is 6.61 Å². The smallest absolute Gasteiger partial charge is 0.416 e. The fraction of sp³-hybridized carbons (Fsp3) is 0.308. The second-order valence-corrected chi connectivity index (χ2v) is 4.58. The zero-order valence-electron chi connectivity index (χ0n) is 12.4. The van der Waals surface area contributed by atoms with Gasteiger partial charge in [-0.3, -0.25) is 20.4 Å². The van der Waals surface area contributed by atoms with E-state index < -0.39 is 42.2 Å². The molecule has 0 radical (unpaired) electrons. The number of carbonyl (C=O) groups is 3. The molecule has 24 heavy (non-hydrogen) atoms. The molecule has 0 aliphatic carbocycles. The Morgan fingerprint density at radius 1 is 1.25 bits per heavy atom. The van der Waals surface area contributed by atoms with Crippen molar-refractivity contribution >= 4 is 17.8 Å². The van der Waals surface area contributed by atoms with E-state index in [1.165, 1.54) is 13.0 Å². The van der Waals surface area contributed by atoms with E-state index in [1.807, 2.05) is 10.9 Å². The number of amides is 4. The number of halogens is 3. The summed E-state index contributed by atoms with van der Waals surface area (Å²) in [6.45, 7) is 0.699. The van der Waals surface area contributed by atoms with Gasteiger partial charge in [0.15, 0.2) is 6.61 Å². The van der Waals surface area contributed by atoms with Crippen LogP contribution in [-0.4, -0.2) is 30.5 Å². The minimum absolute atomic E-state index is 0.157. The molecule has 0 saturated heterocycles. The van der Waals surface area contributed by atoms with E-state index in [-0.39, 0.29) is 5.75 Å². The third kappa shape index (κ3) is 6.42. The normalized spacial score (nSPS) is 12.0. The van der Waals surface area contributed by atoms with Crippen molar-refractivity contribution in [3.63, 3.8) is 0 Å². The molecule has 5 N–H and O–H groups in total. The van der Waals surface area contributed by atoms with Gasteiger partial charge in [0.2, 0.25) is 0 Å². The van der Waals surface area contributed by atoms with E-state index in [0.29, 0.717) is 0 Å². The first kappa shape index (κ1) is 19.1. The van der Waals surface area contributed by atoms with Gasteiger partial charge in [-0.15, -0.1) is 0 Å². The van der Waals surface area contributed by atoms with Crippen LogP contribution >= 0.6 is 0 Å². The fourth-order valence-electron chi connectivity index (χ4n) is 1.47. The summed E-state index contributed by atoms with van der Waals surface area (Å²) >= 11 is 0. The molecule has 0 aliphatic heterocycles. The van der Waals surface area contributed by atoms with Crippen LogP contribution in [0.2, 0.25) is 0 Å². The predicted octanol–water partition coefficient (Wildman–Crippen LogP) is 0.288. The first-order valence-electron chi connectivity index (χ1n) is 6.54. The summed E-state index contributed by atoms with van der Waals surface area (Å²) < 4.78 is 42.5. The number of hydrogen-bond donors (Lipinski definition) is 4. The van der Waals surface area contributed by atoms with E-state index in [2.05, 4.69) is 5.32 Å². The first-order valence-corrected chi connectivity index (χ1v) is 6.54. The molecule has 0 fully saturated rings. The van der Waals surface area contributed by atoms with Crippen molar-refractivity contribution in [2.24, 2.45) is 5.73 Å². The topological polar surface area (TPSA) is 123 Å². The second-order valence-electron chi connectivity index (χ2n) is 4.58. The number of alkyl halides is 3. The summed E-state index contributed by atoms with van der Waals surface area (Å²) in [6.07, 6.45) is -4.53. The second kappa shape index (κ2) is 8.04. The summed E-state index contributed by atoms with van der Waals surface area (Å²) in [5.74, 6) is -1.72. The van der Waals surface area contributed by atoms with E-state index in [0.717, 1.165) is 18.2 Å². The van der Waals surface area contributed by atoms with Crippen LogP contribution in [-0.2, 0) is 15.8 Å². The monoisotopic (exact) mass is 348 g/mol. The highest BCUT2D eigenvalue weighted by molar-refractivity contribution is 5.88. The van der Waals surface area contributed by atoms with Gasteiger partial charge in [-0.05, 0) is 25.1 Å². The molecule has 0 bridgehead atoms. The SMILES string of the molecule is C[C@@H](NC(N)=O)C(=O)NNC(=O)COc1cccc(C(F)(F)F)c1. The van der Waals surface area contributed by atoms with Crippen LogP contribution in [0.15, 0.2) is 24.3 Å². The summed E-state index contributed by atoms with van der Waals surface area (Å²) in [6, 6.07) is 2.07. The minimum Gasteiger partial charge on any atom is -0.484 e. The Morgan fingerprint density at radius 3 is 2.50 bits per heavy atom. The number of urea groups is 1. The largest absolute Gasteiger partial charge is 0.484 e. The number of nitrogens with one attached hydrogen (secondary N) is 3. The van der Waals surface area contributed by atoms with Gasteiger partial charge >= 0.3 is 12.2 Å². The quantitative estimate of drug-likeness (QED) is 0.571. The van der Waals surface area contributed by atoms with Crippen LogP contribution in [0.5, 0.6) is 5.75 Å². The van der Waals surface area contributed by atoms with Crippen molar-refractivity contribution in [1.82, 2.24) is 16.2 Å². The highest BCUT2D eigenvalue weighted by Crippen LogP contribution is 2.31. The third-order valence-corrected chi connectivity index (χ3v) is 2.61. The number of benzene rings is 1. The summed E-state index contributed by atoms with van der Waals surface area (Å²) in [4.78, 5) is 33.5. The van der Waals surface area contributed by atoms with Gasteiger partial charge in [0, 0.05) is 0 Å². The Bertz CT molecular complexity index is 621. The highest BCUT2D eigenvalue weighted by Gasteiger charge is 2.30. The lowest BCUT2D eigenvalue weighted by Crippen LogP contribution is -2.52. The van der Waals surface area contributed by atoms with Crippen LogP contribution in [0, 0.1) is 0 Å². The molecule has 1 rings (SSSR count). The first-order chi connectivity index (χ1) is 11.1. The molecular weight excluding hydrogens is 333 g/mol. The maximum Gasteiger partial charge on any atom is 0.416 e. The van der Waals surface area contributed by atoms with Crippen LogP contribution in [0.1, 0.15) is 12.5 Å². The molecule has 0 spiro atoms. The van der Waals surface area contributed by atoms with Crippen LogP contribution in [0.25, 0.3) is 0 Å². The Hall–Kier alpha value is -2.98. The molecule has 0 aromatic heterocycles. The zero-order chi connectivity index (χ0) is 18.3. The molecule has 1 aromatic carbocycles. The van der Waals surface area contributed by atoms with Crippen molar-refractivity contribution in [3.05, 3.63) is 29.8 Å². The molecule has 1 atom stereocenters. The average Bonchev–Trinajstić information content (AvgIpc) is 2.49. The van der Waals surface area contributed by atoms with Crippen LogP contribution < -0.4 is 26.6 Å². The third-order valence-electron chi connectivity index (χ3n) is 2.61. The van der Waals surface area contributed by atoms with E-state index in [9.17, 15) is 27.6 Å². The maximum atomic E-state index is 12.5. The Balaban J connectivity index is 2.44. The molecule has 0 unspecified atom stereocenters. The predicted molar refractivity (Wildman–Crippen MR) is 75.4 cm³/mol. The van der Waals surface area contributed by atoms with Crippen molar-refractivity contribution in [3.8, 4) is 5.75 Å². The number of rotatable bonds is 5. The van der Waals surface area contributed by atoms with Gasteiger partial charge in [-0.1, -0.05) is 6.07 Å². The number of nitrogens with two attached hydrogens (primary N) is 1. The van der Waals surface area contributed by atoms with Crippen molar-refractivity contribution < 1.29 is 32.3 Å². The lowest BCUT2D eigenvalue weighted by atomic mass is 10.2. The van der Waals surface area contributed by atoms with Gasteiger partial charge in [0.05, 0.1) is 5.56 Å². The number of hydrogen-bond acceptors (Lipinski definition) is 4. The molecule has 132 valence electrons. The van der Waals surface area contributed by atoms with E-state index in [4.69, 9.17) is 10.5 Å². The number of carbonyl (C=O) groups excluding carboxylic acids is 3. The summed E-state index contributed by atoms with van der Waals surface area (Å²) in [7, 11) is 0. The lowest BCUT2D eigenvalue weighted by Gasteiger charge is -2.13. The standard InChI is InChI=1S/C13H15F3N4O4/c1-7(18-12(17)23)11(22)20-19-10(21)6-24-9-4-2-3-8(5-9)13(14,15)16/h2-5,7H,6H2,1H3,(H,19,21)(H,20,22)(H3,17,18,23)/t7-/m1/s1. The van der Waals surface area contributed by atoms with Crippen LogP contribution in [0.4, 0.5) is 18.0 Å². The lowest BCUT2D eigenvalue weighted by molar-refractivity contribution is -0.137. The fourth-order valence-corrected chi connectivity index (χ4v) is 1.47. The molecule has 4 amide bonds. The van der Waals surface area contributed by atoms with E-state index >= 15 is 0 Å². The average molecular weight is 348 g/mol. The molecule has 0 saturated carbocycles. The molecule has 0 heterocycles. The Kier molecular flexibility index (Phi) is 6.38. The molecule has 1 aromatic rings. The van der Waals surface area contributed by atoms with Crippen molar-refractivity contribution in [1.29, 1.82) is 0 Å². The van der Waals surface area contributed by atoms with Crippen LogP contribution in [0.3, 0.4) is 0 Å². The summed E-state index contributed by atoms with van der Waals surface area (Å²) in [5, 5.41) is 2.08. The number of ether oxygens (including phenoxy) is 1. The maximum absolute atomic E-state index is 12.5. The van der Waals surface area contributed by atoms with Gasteiger partial charge in [0.25, 0.3) is 11.8 Å².